The Morgan fingerprint density at radius 3 is 2.43 bits per heavy atom. The van der Waals surface area contributed by atoms with Crippen molar-refractivity contribution >= 4 is 58.6 Å². The van der Waals surface area contributed by atoms with Gasteiger partial charge in [-0.05, 0) is 55.0 Å². The number of hydrazine groups is 1. The molecule has 17 heteroatoms. The van der Waals surface area contributed by atoms with E-state index < -0.39 is 87.2 Å². The normalized spacial score (nSPS) is 26.3. The fraction of sp³-hybridized carbons (Fsp3) is 0.351. The van der Waals surface area contributed by atoms with Crippen LogP contribution in [0.4, 0.5) is 19.0 Å². The van der Waals surface area contributed by atoms with Crippen LogP contribution in [0.15, 0.2) is 66.4 Å². The van der Waals surface area contributed by atoms with Crippen molar-refractivity contribution < 1.29 is 52.1 Å². The maximum Gasteiger partial charge on any atom is 0.417 e. The second kappa shape index (κ2) is 13.6. The van der Waals surface area contributed by atoms with Crippen molar-refractivity contribution in [1.29, 1.82) is 0 Å². The van der Waals surface area contributed by atoms with Crippen LogP contribution in [0.5, 0.6) is 11.5 Å². The molecule has 1 saturated carbocycles. The number of aromatic nitrogens is 1. The number of anilines is 1. The van der Waals surface area contributed by atoms with Gasteiger partial charge in [0.25, 0.3) is 11.8 Å². The van der Waals surface area contributed by atoms with Gasteiger partial charge >= 0.3 is 12.1 Å². The minimum absolute atomic E-state index is 0.0357. The molecular formula is C37H31Cl2F3N4O8. The molecule has 282 valence electrons. The van der Waals surface area contributed by atoms with Gasteiger partial charge in [0.2, 0.25) is 11.8 Å². The number of benzene rings is 2. The molecule has 2 saturated heterocycles. The summed E-state index contributed by atoms with van der Waals surface area (Å²) in [6.45, 7) is -0.118. The third kappa shape index (κ3) is 5.75. The zero-order valence-electron chi connectivity index (χ0n) is 28.3. The summed E-state index contributed by atoms with van der Waals surface area (Å²) in [7, 11) is 1.34. The number of carbonyl (C=O) groups is 5. The molecule has 7 rings (SSSR count). The number of halogens is 5. The lowest BCUT2D eigenvalue weighted by molar-refractivity contribution is -0.142. The second-order valence-electron chi connectivity index (χ2n) is 13.6. The number of likely N-dealkylation sites (tertiary alicyclic amines) is 1. The average molecular weight is 788 g/mol. The highest BCUT2D eigenvalue weighted by Gasteiger charge is 2.70. The zero-order valence-corrected chi connectivity index (χ0v) is 29.8. The van der Waals surface area contributed by atoms with Gasteiger partial charge in [0.15, 0.2) is 17.3 Å². The number of alkyl halides is 3. The summed E-state index contributed by atoms with van der Waals surface area (Å²) >= 11 is 12.5. The zero-order chi connectivity index (χ0) is 38.9. The number of ether oxygens (including phenoxy) is 1. The molecule has 4 aliphatic rings. The van der Waals surface area contributed by atoms with Gasteiger partial charge in [-0.2, -0.15) is 18.2 Å². The van der Waals surface area contributed by atoms with E-state index in [0.29, 0.717) is 33.4 Å². The number of carbonyl (C=O) groups excluding carboxylic acids is 4. The fourth-order valence-corrected chi connectivity index (χ4v) is 9.07. The van der Waals surface area contributed by atoms with Crippen LogP contribution < -0.4 is 10.2 Å². The third-order valence-electron chi connectivity index (χ3n) is 11.0. The molecule has 3 N–H and O–H groups in total. The van der Waals surface area contributed by atoms with Gasteiger partial charge in [0.1, 0.15) is 0 Å². The average Bonchev–Trinajstić information content (AvgIpc) is 3.49. The number of para-hydroxylation sites is 1. The minimum atomic E-state index is -4.78. The number of aromatic hydroxyl groups is 1. The number of carboxylic acids is 1. The van der Waals surface area contributed by atoms with Crippen molar-refractivity contribution in [3.8, 4) is 11.5 Å². The molecule has 6 atom stereocenters. The molecule has 3 heterocycles. The molecule has 4 amide bonds. The van der Waals surface area contributed by atoms with Crippen LogP contribution in [-0.4, -0.2) is 68.4 Å². The predicted octanol–water partition coefficient (Wildman–Crippen LogP) is 5.97. The van der Waals surface area contributed by atoms with Crippen LogP contribution in [-0.2, 0) is 35.6 Å². The largest absolute Gasteiger partial charge is 0.504 e. The number of phenolic OH excluding ortho intramolecular Hbond substituents is 1. The van der Waals surface area contributed by atoms with E-state index in [0.717, 1.165) is 4.90 Å². The number of aliphatic carboxylic acids is 1. The van der Waals surface area contributed by atoms with Gasteiger partial charge in [0, 0.05) is 35.7 Å². The van der Waals surface area contributed by atoms with Crippen molar-refractivity contribution in [3.63, 3.8) is 0 Å². The van der Waals surface area contributed by atoms with Crippen LogP contribution in [0.3, 0.4) is 0 Å². The smallest absolute Gasteiger partial charge is 0.417 e. The first-order valence-corrected chi connectivity index (χ1v) is 17.6. The number of rotatable bonds is 9. The number of imide groups is 2. The number of amides is 4. The Labute approximate surface area is 315 Å². The Bertz CT molecular complexity index is 2130. The van der Waals surface area contributed by atoms with Crippen LogP contribution in [0.25, 0.3) is 0 Å². The Morgan fingerprint density at radius 2 is 1.78 bits per heavy atom. The van der Waals surface area contributed by atoms with Crippen molar-refractivity contribution in [2.24, 2.45) is 23.7 Å². The highest BCUT2D eigenvalue weighted by Crippen LogP contribution is 2.65. The van der Waals surface area contributed by atoms with Gasteiger partial charge in [-0.1, -0.05) is 59.1 Å². The quantitative estimate of drug-likeness (QED) is 0.174. The van der Waals surface area contributed by atoms with Gasteiger partial charge in [0.05, 0.1) is 40.9 Å². The number of phenols is 1. The van der Waals surface area contributed by atoms with E-state index in [1.54, 1.807) is 30.3 Å². The first kappa shape index (κ1) is 37.2. The number of hydrogen-bond donors (Lipinski definition) is 3. The standard InChI is InChI=1S/C37H31Cl2F3N4O8/c1-54-26-5-2-4-22(30(26)49)29-20-11-12-21-28(34(52)45(32(21)50)13-3-6-27(47)48)23(20)15-24-33(51)46(35(53)36(24,29)17-7-9-19(38)10-8-17)44-31-25(39)14-18(16-43-31)37(40,41)42/h2,4-5,7-11,14,16,21,23-24,28-29,49H,3,6,12-13,15H2,1H3,(H,43,44)(H,47,48). The number of hydrogen-bond acceptors (Lipinski definition) is 9. The molecule has 3 fully saturated rings. The Kier molecular flexibility index (Phi) is 9.37. The summed E-state index contributed by atoms with van der Waals surface area (Å²) in [4.78, 5) is 73.8. The molecule has 2 aliphatic carbocycles. The van der Waals surface area contributed by atoms with Crippen molar-refractivity contribution in [2.75, 3.05) is 19.1 Å². The highest BCUT2D eigenvalue weighted by atomic mass is 35.5. The molecule has 0 spiro atoms. The van der Waals surface area contributed by atoms with Crippen molar-refractivity contribution in [1.82, 2.24) is 14.9 Å². The molecule has 6 unspecified atom stereocenters. The number of allylic oxidation sites excluding steroid dienone is 2. The number of carboxylic acid groups (broad SMARTS) is 1. The molecule has 2 aromatic carbocycles. The maximum atomic E-state index is 15.2. The topological polar surface area (TPSA) is 166 Å². The molecule has 54 heavy (non-hydrogen) atoms. The maximum absolute atomic E-state index is 15.2. The second-order valence-corrected chi connectivity index (χ2v) is 14.5. The van der Waals surface area contributed by atoms with Crippen LogP contribution in [0.1, 0.15) is 48.3 Å². The molecular weight excluding hydrogens is 756 g/mol. The molecule has 12 nitrogen and oxygen atoms in total. The summed E-state index contributed by atoms with van der Waals surface area (Å²) in [5.74, 6) is -9.53. The fourth-order valence-electron chi connectivity index (χ4n) is 8.74. The van der Waals surface area contributed by atoms with E-state index >= 15 is 4.79 Å². The molecule has 3 aromatic rings. The van der Waals surface area contributed by atoms with Crippen LogP contribution in [0.2, 0.25) is 10.0 Å². The summed E-state index contributed by atoms with van der Waals surface area (Å²) < 4.78 is 45.8. The van der Waals surface area contributed by atoms with E-state index in [-0.39, 0.29) is 49.3 Å². The Hall–Kier alpha value is -5.15. The van der Waals surface area contributed by atoms with E-state index in [4.69, 9.17) is 33.0 Å². The Balaban J connectivity index is 1.41. The molecule has 0 radical (unpaired) electrons. The van der Waals surface area contributed by atoms with Gasteiger partial charge in [-0.15, -0.1) is 0 Å². The number of pyridine rings is 1. The molecule has 0 bridgehead atoms. The van der Waals surface area contributed by atoms with Crippen LogP contribution >= 0.6 is 23.2 Å². The van der Waals surface area contributed by atoms with E-state index in [1.165, 1.54) is 25.3 Å². The summed E-state index contributed by atoms with van der Waals surface area (Å²) in [6.07, 6.45) is -2.79. The van der Waals surface area contributed by atoms with Crippen LogP contribution in [0, 0.1) is 23.7 Å². The molecule has 1 aromatic heterocycles. The SMILES string of the molecule is COc1cccc(C2C3=CCC4C(=O)N(CCCC(=O)O)C(=O)C4C3CC3C(=O)N(Nc4ncc(C(F)(F)F)cc4Cl)C(=O)C32c2ccc(Cl)cc2)c1O. The lowest BCUT2D eigenvalue weighted by atomic mass is 9.49. The van der Waals surface area contributed by atoms with Crippen molar-refractivity contribution in [2.45, 2.75) is 43.2 Å². The number of nitrogens with one attached hydrogen (secondary N) is 1. The molecule has 2 aliphatic heterocycles. The summed E-state index contributed by atoms with van der Waals surface area (Å²) in [5.41, 5.74) is 0.527. The van der Waals surface area contributed by atoms with Gasteiger partial charge in [-0.3, -0.25) is 34.3 Å². The number of nitrogens with zero attached hydrogens (tertiary/aromatic N) is 3. The minimum Gasteiger partial charge on any atom is -0.504 e. The highest BCUT2D eigenvalue weighted by molar-refractivity contribution is 6.33. The van der Waals surface area contributed by atoms with E-state index in [9.17, 15) is 37.5 Å². The van der Waals surface area contributed by atoms with Gasteiger partial charge in [-0.25, -0.2) is 4.98 Å². The third-order valence-corrected chi connectivity index (χ3v) is 11.5. The van der Waals surface area contributed by atoms with Gasteiger partial charge < -0.3 is 14.9 Å². The lowest BCUT2D eigenvalue weighted by Gasteiger charge is -2.50. The monoisotopic (exact) mass is 786 g/mol. The predicted molar refractivity (Wildman–Crippen MR) is 185 cm³/mol. The van der Waals surface area contributed by atoms with Crippen molar-refractivity contribution in [3.05, 3.63) is 93.1 Å². The first-order chi connectivity index (χ1) is 25.6. The first-order valence-electron chi connectivity index (χ1n) is 16.9. The van der Waals surface area contributed by atoms with E-state index in [1.807, 2.05) is 0 Å². The number of methoxy groups -OCH3 is 1. The van der Waals surface area contributed by atoms with E-state index in [2.05, 4.69) is 10.4 Å². The summed E-state index contributed by atoms with van der Waals surface area (Å²) in [6, 6.07) is 11.4. The lowest BCUT2D eigenvalue weighted by Crippen LogP contribution is -2.53. The summed E-state index contributed by atoms with van der Waals surface area (Å²) in [5, 5.41) is 21.3. The Morgan fingerprint density at radius 1 is 1.06 bits per heavy atom. The number of fused-ring (bicyclic) bond motifs is 4.